The maximum atomic E-state index is 12.8. The Morgan fingerprint density at radius 3 is 2.71 bits per heavy atom. The van der Waals surface area contributed by atoms with Gasteiger partial charge in [-0.1, -0.05) is 52.5 Å². The molecule has 0 aliphatic carbocycles. The Morgan fingerprint density at radius 1 is 1.32 bits per heavy atom. The molecule has 34 heavy (non-hydrogen) atoms. The number of β-lactam (4-membered cyclic amide) rings is 1. The Kier molecular flexibility index (Phi) is 7.41. The van der Waals surface area contributed by atoms with Gasteiger partial charge < -0.3 is 10.4 Å². The molecule has 2 aromatic rings. The van der Waals surface area contributed by atoms with Crippen LogP contribution in [-0.4, -0.2) is 60.9 Å². The fraction of sp³-hybridized carbons (Fsp3) is 0.350. The molecule has 2 N–H and O–H groups in total. The minimum absolute atomic E-state index is 0.0106. The van der Waals surface area contributed by atoms with Crippen LogP contribution >= 0.6 is 34.9 Å². The molecule has 1 fully saturated rings. The third-order valence-electron chi connectivity index (χ3n) is 5.15. The van der Waals surface area contributed by atoms with E-state index in [1.54, 1.807) is 24.3 Å². The van der Waals surface area contributed by atoms with Crippen molar-refractivity contribution < 1.29 is 19.5 Å². The predicted octanol–water partition coefficient (Wildman–Crippen LogP) is 2.73. The molecule has 14 heteroatoms. The van der Waals surface area contributed by atoms with E-state index in [1.807, 2.05) is 6.92 Å². The van der Waals surface area contributed by atoms with Crippen LogP contribution in [0.3, 0.4) is 0 Å². The van der Waals surface area contributed by atoms with E-state index in [0.29, 0.717) is 17.1 Å². The Morgan fingerprint density at radius 2 is 2.06 bits per heavy atom. The van der Waals surface area contributed by atoms with Gasteiger partial charge in [-0.25, -0.2) is 4.79 Å². The highest BCUT2D eigenvalue weighted by molar-refractivity contribution is 8.01. The van der Waals surface area contributed by atoms with E-state index in [0.717, 1.165) is 20.5 Å². The molecule has 11 nitrogen and oxygen atoms in total. The molecule has 176 valence electrons. The number of carboxylic acids is 1. The van der Waals surface area contributed by atoms with Crippen molar-refractivity contribution in [1.82, 2.24) is 20.4 Å². The molecular formula is C20H19N7O4S3. The van der Waals surface area contributed by atoms with Gasteiger partial charge >= 0.3 is 5.97 Å². The van der Waals surface area contributed by atoms with Gasteiger partial charge in [-0.05, 0) is 29.2 Å². The monoisotopic (exact) mass is 517 g/mol. The number of amides is 2. The first-order chi connectivity index (χ1) is 16.4. The number of benzene rings is 1. The molecule has 2 amide bonds. The number of nitrogens with one attached hydrogen (secondary N) is 1. The SMILES string of the molecule is Cc1nnc(SCC2=C(C(=O)O)N3C(=O)C(NC(=O)Cc4ccc(CN=[N+]=[N-])cc4)C3SC2)s1. The Labute approximate surface area is 206 Å². The fourth-order valence-corrected chi connectivity index (χ4v) is 6.87. The molecule has 2 aliphatic heterocycles. The fourth-order valence-electron chi connectivity index (χ4n) is 3.57. The summed E-state index contributed by atoms with van der Waals surface area (Å²) in [6.45, 7) is 2.08. The highest BCUT2D eigenvalue weighted by Crippen LogP contribution is 2.41. The van der Waals surface area contributed by atoms with Gasteiger partial charge in [0.05, 0.1) is 13.0 Å². The number of nitrogens with zero attached hydrogens (tertiary/aromatic N) is 6. The van der Waals surface area contributed by atoms with Crippen LogP contribution in [0.4, 0.5) is 0 Å². The third kappa shape index (κ3) is 5.20. The first kappa shape index (κ1) is 24.1. The van der Waals surface area contributed by atoms with Crippen molar-refractivity contribution in [1.29, 1.82) is 0 Å². The van der Waals surface area contributed by atoms with E-state index >= 15 is 0 Å². The van der Waals surface area contributed by atoms with Crippen molar-refractivity contribution in [2.75, 3.05) is 11.5 Å². The quantitative estimate of drug-likeness (QED) is 0.169. The van der Waals surface area contributed by atoms with Crippen molar-refractivity contribution in [2.24, 2.45) is 5.11 Å². The number of carboxylic acid groups (broad SMARTS) is 1. The van der Waals surface area contributed by atoms with Gasteiger partial charge in [-0.2, -0.15) is 0 Å². The average Bonchev–Trinajstić information content (AvgIpc) is 3.25. The molecule has 1 aromatic carbocycles. The number of carbonyl (C=O) groups is 3. The summed E-state index contributed by atoms with van der Waals surface area (Å²) in [5.41, 5.74) is 10.6. The molecule has 2 unspecified atom stereocenters. The third-order valence-corrected chi connectivity index (χ3v) is 8.55. The molecule has 0 radical (unpaired) electrons. The zero-order chi connectivity index (χ0) is 24.2. The molecule has 4 rings (SSSR count). The van der Waals surface area contributed by atoms with Gasteiger partial charge in [-0.3, -0.25) is 14.5 Å². The van der Waals surface area contributed by atoms with Crippen LogP contribution in [0.15, 0.2) is 45.0 Å². The molecule has 2 atom stereocenters. The highest BCUT2D eigenvalue weighted by Gasteiger charge is 2.54. The van der Waals surface area contributed by atoms with Gasteiger partial charge in [0, 0.05) is 16.4 Å². The van der Waals surface area contributed by atoms with Crippen LogP contribution in [-0.2, 0) is 27.3 Å². The lowest BCUT2D eigenvalue weighted by Crippen LogP contribution is -2.70. The van der Waals surface area contributed by atoms with Crippen molar-refractivity contribution >= 4 is 52.6 Å². The maximum Gasteiger partial charge on any atom is 0.352 e. The number of aryl methyl sites for hydroxylation is 1. The summed E-state index contributed by atoms with van der Waals surface area (Å²) in [5.74, 6) is -1.07. The number of fused-ring (bicyclic) bond motifs is 1. The van der Waals surface area contributed by atoms with E-state index < -0.39 is 23.3 Å². The number of thioether (sulfide) groups is 2. The van der Waals surface area contributed by atoms with Gasteiger partial charge in [0.2, 0.25) is 5.91 Å². The summed E-state index contributed by atoms with van der Waals surface area (Å²) in [5, 5.41) is 24.4. The van der Waals surface area contributed by atoms with Crippen LogP contribution in [0.2, 0.25) is 0 Å². The molecule has 2 aliphatic rings. The second-order valence-electron chi connectivity index (χ2n) is 7.47. The summed E-state index contributed by atoms with van der Waals surface area (Å²) in [6.07, 6.45) is 0.0771. The molecule has 0 bridgehead atoms. The lowest BCUT2D eigenvalue weighted by Gasteiger charge is -2.49. The Balaban J connectivity index is 1.38. The maximum absolute atomic E-state index is 12.8. The predicted molar refractivity (Wildman–Crippen MR) is 128 cm³/mol. The van der Waals surface area contributed by atoms with Crippen molar-refractivity contribution in [3.63, 3.8) is 0 Å². The van der Waals surface area contributed by atoms with Crippen LogP contribution in [0.25, 0.3) is 10.4 Å². The Bertz CT molecular complexity index is 1210. The zero-order valence-electron chi connectivity index (χ0n) is 17.9. The lowest BCUT2D eigenvalue weighted by molar-refractivity contribution is -0.150. The van der Waals surface area contributed by atoms with Crippen LogP contribution in [0, 0.1) is 6.92 Å². The van der Waals surface area contributed by atoms with Crippen LogP contribution in [0.5, 0.6) is 0 Å². The minimum Gasteiger partial charge on any atom is -0.477 e. The normalized spacial score (nSPS) is 19.2. The molecule has 1 aromatic heterocycles. The molecular weight excluding hydrogens is 498 g/mol. The Hall–Kier alpha value is -3.06. The largest absolute Gasteiger partial charge is 0.477 e. The molecule has 0 spiro atoms. The molecule has 3 heterocycles. The van der Waals surface area contributed by atoms with Gasteiger partial charge in [-0.15, -0.1) is 22.0 Å². The summed E-state index contributed by atoms with van der Waals surface area (Å²) < 4.78 is 0.743. The summed E-state index contributed by atoms with van der Waals surface area (Å²) in [4.78, 5) is 41.3. The second kappa shape index (κ2) is 10.5. The number of carbonyl (C=O) groups excluding carboxylic acids is 2. The number of aromatic nitrogens is 2. The number of rotatable bonds is 9. The van der Waals surface area contributed by atoms with E-state index in [4.69, 9.17) is 5.53 Å². The molecule has 0 saturated carbocycles. The minimum atomic E-state index is -1.16. The van der Waals surface area contributed by atoms with Gasteiger partial charge in [0.1, 0.15) is 22.1 Å². The average molecular weight is 518 g/mol. The first-order valence-electron chi connectivity index (χ1n) is 10.1. The number of hydrogen-bond acceptors (Lipinski definition) is 9. The topological polar surface area (TPSA) is 161 Å². The van der Waals surface area contributed by atoms with Gasteiger partial charge in [0.15, 0.2) is 4.34 Å². The lowest BCUT2D eigenvalue weighted by atomic mass is 10.0. The summed E-state index contributed by atoms with van der Waals surface area (Å²) in [7, 11) is 0. The number of azide groups is 1. The smallest absolute Gasteiger partial charge is 0.352 e. The van der Waals surface area contributed by atoms with Crippen molar-refractivity contribution in [2.45, 2.75) is 35.6 Å². The van der Waals surface area contributed by atoms with Crippen LogP contribution in [0.1, 0.15) is 16.1 Å². The standard InChI is InChI=1S/C20H19N7O4S3/c1-10-24-25-20(34-10)33-9-13-8-32-18-15(17(29)27(18)16(13)19(30)31)23-14(28)6-11-2-4-12(5-3-11)7-22-26-21/h2-5,15,18H,6-9H2,1H3,(H,23,28)(H,30,31). The second-order valence-corrected chi connectivity index (χ2v) is 11.0. The van der Waals surface area contributed by atoms with Gasteiger partial charge in [0.25, 0.3) is 5.91 Å². The van der Waals surface area contributed by atoms with Crippen molar-refractivity contribution in [3.8, 4) is 0 Å². The van der Waals surface area contributed by atoms with Crippen molar-refractivity contribution in [3.05, 3.63) is 62.1 Å². The zero-order valence-corrected chi connectivity index (χ0v) is 20.3. The first-order valence-corrected chi connectivity index (χ1v) is 12.9. The number of aliphatic carboxylic acids is 1. The molecule has 1 saturated heterocycles. The highest BCUT2D eigenvalue weighted by atomic mass is 32.2. The summed E-state index contributed by atoms with van der Waals surface area (Å²) >= 11 is 4.26. The number of hydrogen-bond donors (Lipinski definition) is 2. The van der Waals surface area contributed by atoms with E-state index in [1.165, 1.54) is 39.8 Å². The summed E-state index contributed by atoms with van der Waals surface area (Å²) in [6, 6.07) is 6.31. The van der Waals surface area contributed by atoms with E-state index in [2.05, 4.69) is 25.5 Å². The van der Waals surface area contributed by atoms with E-state index in [9.17, 15) is 19.5 Å². The van der Waals surface area contributed by atoms with E-state index in [-0.39, 0.29) is 24.6 Å². The van der Waals surface area contributed by atoms with Crippen LogP contribution < -0.4 is 5.32 Å².